The van der Waals surface area contributed by atoms with Gasteiger partial charge in [0.2, 0.25) is 17.7 Å². The van der Waals surface area contributed by atoms with Crippen molar-refractivity contribution >= 4 is 29.1 Å². The van der Waals surface area contributed by atoms with Gasteiger partial charge in [-0.05, 0) is 43.4 Å². The monoisotopic (exact) mass is 620 g/mol. The van der Waals surface area contributed by atoms with Gasteiger partial charge in [0, 0.05) is 45.1 Å². The van der Waals surface area contributed by atoms with E-state index in [1.54, 1.807) is 25.2 Å². The summed E-state index contributed by atoms with van der Waals surface area (Å²) in [4.78, 5) is 48.1. The second kappa shape index (κ2) is 18.1. The Morgan fingerprint density at radius 3 is 2.16 bits per heavy atom. The number of rotatable bonds is 16. The average molecular weight is 621 g/mol. The second-order valence-corrected chi connectivity index (χ2v) is 14.6. The molecular formula is C33H56N4O5S. The van der Waals surface area contributed by atoms with Crippen LogP contribution in [0.2, 0.25) is 0 Å². The summed E-state index contributed by atoms with van der Waals surface area (Å²) in [6.45, 7) is 4.52. The Morgan fingerprint density at radius 2 is 1.60 bits per heavy atom. The highest BCUT2D eigenvalue weighted by Gasteiger charge is 2.34. The molecule has 3 amide bonds. The highest BCUT2D eigenvalue weighted by Crippen LogP contribution is 2.30. The first-order chi connectivity index (χ1) is 20.5. The van der Waals surface area contributed by atoms with Crippen molar-refractivity contribution in [2.75, 3.05) is 27.2 Å². The van der Waals surface area contributed by atoms with E-state index in [4.69, 9.17) is 0 Å². The van der Waals surface area contributed by atoms with Gasteiger partial charge < -0.3 is 25.3 Å². The minimum atomic E-state index is -1.09. The van der Waals surface area contributed by atoms with Crippen LogP contribution in [0, 0.1) is 23.7 Å². The Balaban J connectivity index is 1.79. The van der Waals surface area contributed by atoms with Gasteiger partial charge in [-0.2, -0.15) is 0 Å². The Kier molecular flexibility index (Phi) is 14.9. The van der Waals surface area contributed by atoms with Crippen LogP contribution in [0.3, 0.4) is 0 Å². The number of carbonyl (C=O) groups is 3. The van der Waals surface area contributed by atoms with Crippen molar-refractivity contribution in [3.63, 3.8) is 0 Å². The summed E-state index contributed by atoms with van der Waals surface area (Å²) in [5.74, 6) is -0.423. The van der Waals surface area contributed by atoms with E-state index in [1.807, 2.05) is 19.2 Å². The number of hydrogen-bond acceptors (Lipinski definition) is 7. The SMILES string of the molecule is CC(C)C[C@H](O)[C@H](O)[C@H](CC1CCCCC1)NC(=O)[C@@H](CC(=O)N(CC(=O)N(C)C)CC1CCCCC1)Cc1nccs1. The summed E-state index contributed by atoms with van der Waals surface area (Å²) in [6.07, 6.45) is 12.1. The van der Waals surface area contributed by atoms with Gasteiger partial charge >= 0.3 is 0 Å². The van der Waals surface area contributed by atoms with E-state index in [9.17, 15) is 24.6 Å². The molecule has 2 fully saturated rings. The van der Waals surface area contributed by atoms with Crippen molar-refractivity contribution in [1.29, 1.82) is 0 Å². The minimum absolute atomic E-state index is 0.00165. The Bertz CT molecular complexity index is 976. The molecular weight excluding hydrogens is 564 g/mol. The molecule has 9 nitrogen and oxygen atoms in total. The van der Waals surface area contributed by atoms with Crippen LogP contribution in [0.5, 0.6) is 0 Å². The van der Waals surface area contributed by atoms with Crippen LogP contribution < -0.4 is 5.32 Å². The van der Waals surface area contributed by atoms with Gasteiger partial charge in [-0.3, -0.25) is 14.4 Å². The molecule has 10 heteroatoms. The number of nitrogens with one attached hydrogen (secondary N) is 1. The number of carbonyl (C=O) groups excluding carboxylic acids is 3. The van der Waals surface area contributed by atoms with Gasteiger partial charge in [0.25, 0.3) is 0 Å². The molecule has 0 aromatic carbocycles. The molecule has 1 aromatic heterocycles. The molecule has 244 valence electrons. The normalized spacial score (nSPS) is 19.4. The van der Waals surface area contributed by atoms with Crippen LogP contribution in [-0.2, 0) is 20.8 Å². The molecule has 2 aliphatic rings. The van der Waals surface area contributed by atoms with Gasteiger partial charge in [-0.1, -0.05) is 65.2 Å². The third-order valence-electron chi connectivity index (χ3n) is 9.24. The van der Waals surface area contributed by atoms with Crippen LogP contribution in [0.1, 0.15) is 102 Å². The number of aromatic nitrogens is 1. The lowest BCUT2D eigenvalue weighted by molar-refractivity contribution is -0.142. The third-order valence-corrected chi connectivity index (χ3v) is 10.0. The smallest absolute Gasteiger partial charge is 0.241 e. The van der Waals surface area contributed by atoms with Crippen molar-refractivity contribution < 1.29 is 24.6 Å². The molecule has 3 rings (SSSR count). The summed E-state index contributed by atoms with van der Waals surface area (Å²) >= 11 is 1.45. The van der Waals surface area contributed by atoms with E-state index in [-0.39, 0.29) is 36.6 Å². The molecule has 0 saturated heterocycles. The fourth-order valence-corrected chi connectivity index (χ4v) is 7.36. The molecule has 0 bridgehead atoms. The first-order valence-corrected chi connectivity index (χ1v) is 17.4. The zero-order chi connectivity index (χ0) is 31.4. The van der Waals surface area contributed by atoms with Crippen molar-refractivity contribution in [2.24, 2.45) is 23.7 Å². The highest BCUT2D eigenvalue weighted by molar-refractivity contribution is 7.09. The van der Waals surface area contributed by atoms with Crippen LogP contribution in [0.25, 0.3) is 0 Å². The number of likely N-dealkylation sites (N-methyl/N-ethyl adjacent to an activating group) is 1. The number of thiazole rings is 1. The van der Waals surface area contributed by atoms with Crippen LogP contribution in [0.4, 0.5) is 0 Å². The molecule has 0 spiro atoms. The topological polar surface area (TPSA) is 123 Å². The van der Waals surface area contributed by atoms with Gasteiger partial charge in [-0.15, -0.1) is 11.3 Å². The highest BCUT2D eigenvalue weighted by atomic mass is 32.1. The summed E-state index contributed by atoms with van der Waals surface area (Å²) in [5, 5.41) is 27.8. The number of nitrogens with zero attached hydrogens (tertiary/aromatic N) is 3. The van der Waals surface area contributed by atoms with Crippen molar-refractivity contribution in [1.82, 2.24) is 20.1 Å². The van der Waals surface area contributed by atoms with E-state index in [0.29, 0.717) is 37.6 Å². The fraction of sp³-hybridized carbons (Fsp3) is 0.818. The number of hydrogen-bond donors (Lipinski definition) is 3. The van der Waals surface area contributed by atoms with E-state index in [0.717, 1.165) is 56.4 Å². The predicted octanol–water partition coefficient (Wildman–Crippen LogP) is 4.41. The maximum Gasteiger partial charge on any atom is 0.241 e. The minimum Gasteiger partial charge on any atom is -0.390 e. The molecule has 3 N–H and O–H groups in total. The van der Waals surface area contributed by atoms with E-state index in [2.05, 4.69) is 10.3 Å². The first kappa shape index (κ1) is 35.4. The largest absolute Gasteiger partial charge is 0.390 e. The molecule has 0 aliphatic heterocycles. The fourth-order valence-electron chi connectivity index (χ4n) is 6.66. The van der Waals surface area contributed by atoms with Crippen LogP contribution in [0.15, 0.2) is 11.6 Å². The van der Waals surface area contributed by atoms with Gasteiger partial charge in [0.05, 0.1) is 29.6 Å². The Hall–Kier alpha value is -2.04. The van der Waals surface area contributed by atoms with Crippen molar-refractivity contribution in [3.05, 3.63) is 16.6 Å². The van der Waals surface area contributed by atoms with Crippen molar-refractivity contribution in [2.45, 2.75) is 122 Å². The molecule has 1 aromatic rings. The summed E-state index contributed by atoms with van der Waals surface area (Å²) in [7, 11) is 3.38. The molecule has 2 aliphatic carbocycles. The predicted molar refractivity (Wildman–Crippen MR) is 170 cm³/mol. The zero-order valence-electron chi connectivity index (χ0n) is 26.9. The van der Waals surface area contributed by atoms with Crippen LogP contribution >= 0.6 is 11.3 Å². The standard InChI is InChI=1S/C33H56N4O5S/c1-23(2)17-28(38)32(41)27(18-24-11-7-5-8-12-24)35-33(42)26(19-29-34-15-16-43-29)20-30(39)37(22-31(40)36(3)4)21-25-13-9-6-10-14-25/h15-16,23-28,32,38,41H,5-14,17-22H2,1-4H3,(H,35,42)/t26-,27+,28+,32-/m1/s1. The van der Waals surface area contributed by atoms with E-state index >= 15 is 0 Å². The molecule has 0 unspecified atom stereocenters. The lowest BCUT2D eigenvalue weighted by Crippen LogP contribution is -2.52. The van der Waals surface area contributed by atoms with Gasteiger partial charge in [0.1, 0.15) is 6.10 Å². The molecule has 0 radical (unpaired) electrons. The summed E-state index contributed by atoms with van der Waals surface area (Å²) in [6, 6.07) is -0.605. The summed E-state index contributed by atoms with van der Waals surface area (Å²) < 4.78 is 0. The van der Waals surface area contributed by atoms with Gasteiger partial charge in [0.15, 0.2) is 0 Å². The number of aliphatic hydroxyl groups is 2. The van der Waals surface area contributed by atoms with Crippen LogP contribution in [-0.4, -0.2) is 88.2 Å². The lowest BCUT2D eigenvalue weighted by Gasteiger charge is -2.34. The number of aliphatic hydroxyl groups excluding tert-OH is 2. The van der Waals surface area contributed by atoms with Gasteiger partial charge in [-0.25, -0.2) is 4.98 Å². The molecule has 2 saturated carbocycles. The Morgan fingerprint density at radius 1 is 0.977 bits per heavy atom. The molecule has 43 heavy (non-hydrogen) atoms. The Labute approximate surface area is 262 Å². The number of amides is 3. The lowest BCUT2D eigenvalue weighted by atomic mass is 9.82. The first-order valence-electron chi connectivity index (χ1n) is 16.6. The van der Waals surface area contributed by atoms with E-state index in [1.165, 1.54) is 29.1 Å². The molecule has 1 heterocycles. The average Bonchev–Trinajstić information content (AvgIpc) is 3.49. The van der Waals surface area contributed by atoms with Crippen molar-refractivity contribution in [3.8, 4) is 0 Å². The van der Waals surface area contributed by atoms with E-state index < -0.39 is 24.2 Å². The third kappa shape index (κ3) is 12.1. The second-order valence-electron chi connectivity index (χ2n) is 13.6. The molecule has 4 atom stereocenters. The maximum absolute atomic E-state index is 14.0. The quantitative estimate of drug-likeness (QED) is 0.252. The maximum atomic E-state index is 14.0. The summed E-state index contributed by atoms with van der Waals surface area (Å²) in [5.41, 5.74) is 0. The zero-order valence-corrected chi connectivity index (χ0v) is 27.7.